The minimum atomic E-state index is 0.500. The Bertz CT molecular complexity index is 1120. The van der Waals surface area contributed by atoms with Gasteiger partial charge in [0.25, 0.3) is 0 Å². The summed E-state index contributed by atoms with van der Waals surface area (Å²) in [7, 11) is 0. The molecule has 146 valence electrons. The van der Waals surface area contributed by atoms with Crippen molar-refractivity contribution in [1.29, 1.82) is 0 Å². The first kappa shape index (κ1) is 17.7. The van der Waals surface area contributed by atoms with Gasteiger partial charge in [0.15, 0.2) is 10.9 Å². The van der Waals surface area contributed by atoms with Gasteiger partial charge in [0.05, 0.1) is 4.70 Å². The molecule has 1 aliphatic rings. The Morgan fingerprint density at radius 2 is 1.69 bits per heavy atom. The number of hydrogen-bond acceptors (Lipinski definition) is 8. The molecule has 1 fully saturated rings. The van der Waals surface area contributed by atoms with Crippen LogP contribution in [0.1, 0.15) is 0 Å². The number of aromatic nitrogens is 3. The van der Waals surface area contributed by atoms with Gasteiger partial charge in [-0.15, -0.1) is 0 Å². The molecule has 4 aromatic rings. The first-order valence-corrected chi connectivity index (χ1v) is 10.3. The Hall–Kier alpha value is -3.39. The summed E-state index contributed by atoms with van der Waals surface area (Å²) in [5.74, 6) is 2.02. The molecule has 0 amide bonds. The largest absolute Gasteiger partial charge is 0.437 e. The third-order valence-corrected chi connectivity index (χ3v) is 5.82. The van der Waals surface area contributed by atoms with Gasteiger partial charge >= 0.3 is 0 Å². The number of para-hydroxylation sites is 2. The molecule has 0 radical (unpaired) electrons. The predicted molar refractivity (Wildman–Crippen MR) is 117 cm³/mol. The van der Waals surface area contributed by atoms with E-state index in [2.05, 4.69) is 49.0 Å². The highest BCUT2D eigenvalue weighted by Gasteiger charge is 2.19. The maximum absolute atomic E-state index is 6.03. The van der Waals surface area contributed by atoms with Crippen molar-refractivity contribution < 1.29 is 4.74 Å². The Kier molecular flexibility index (Phi) is 4.61. The second kappa shape index (κ2) is 7.56. The molecule has 1 saturated heterocycles. The lowest BCUT2D eigenvalue weighted by molar-refractivity contribution is 0.465. The average molecular weight is 404 g/mol. The van der Waals surface area contributed by atoms with Crippen LogP contribution in [0.4, 0.5) is 16.6 Å². The molecule has 2 aromatic heterocycles. The first-order chi connectivity index (χ1) is 14.3. The number of nitrogen functional groups attached to an aromatic ring is 1. The topological polar surface area (TPSA) is 80.4 Å². The van der Waals surface area contributed by atoms with E-state index in [1.165, 1.54) is 17.0 Å². The van der Waals surface area contributed by atoms with Crippen molar-refractivity contribution >= 4 is 38.2 Å². The van der Waals surface area contributed by atoms with Crippen LogP contribution in [0.25, 0.3) is 10.2 Å². The fourth-order valence-corrected chi connectivity index (χ4v) is 4.28. The normalized spacial score (nSPS) is 14.3. The zero-order valence-corrected chi connectivity index (χ0v) is 16.5. The van der Waals surface area contributed by atoms with Crippen molar-refractivity contribution in [2.45, 2.75) is 0 Å². The van der Waals surface area contributed by atoms with E-state index < -0.39 is 0 Å². The molecule has 0 unspecified atom stereocenters. The van der Waals surface area contributed by atoms with Crippen LogP contribution < -0.4 is 20.3 Å². The van der Waals surface area contributed by atoms with Crippen LogP contribution >= 0.6 is 11.3 Å². The Morgan fingerprint density at radius 1 is 0.897 bits per heavy atom. The van der Waals surface area contributed by atoms with Crippen molar-refractivity contribution in [2.75, 3.05) is 41.7 Å². The number of anilines is 3. The number of piperazine rings is 1. The van der Waals surface area contributed by atoms with Crippen molar-refractivity contribution in [3.63, 3.8) is 0 Å². The summed E-state index contributed by atoms with van der Waals surface area (Å²) < 4.78 is 7.02. The van der Waals surface area contributed by atoms with Gasteiger partial charge < -0.3 is 20.3 Å². The maximum atomic E-state index is 6.03. The van der Waals surface area contributed by atoms with E-state index in [0.717, 1.165) is 42.2 Å². The van der Waals surface area contributed by atoms with Gasteiger partial charge in [0, 0.05) is 37.9 Å². The standard InChI is InChI=1S/C21H20N6OS/c22-21-25-20-16(7-4-8-17(20)29-21)28-19-13-18(23-14-24-19)27-11-9-26(10-12-27)15-5-2-1-3-6-15/h1-8,13-14H,9-12H2,(H2,22,25). The van der Waals surface area contributed by atoms with Gasteiger partial charge in [-0.25, -0.2) is 15.0 Å². The zero-order chi connectivity index (χ0) is 19.6. The van der Waals surface area contributed by atoms with E-state index in [1.807, 2.05) is 30.3 Å². The molecule has 0 atom stereocenters. The molecule has 0 bridgehead atoms. The minimum Gasteiger partial charge on any atom is -0.437 e. The molecule has 2 aromatic carbocycles. The number of nitrogens with zero attached hydrogens (tertiary/aromatic N) is 5. The van der Waals surface area contributed by atoms with Gasteiger partial charge in [-0.05, 0) is 24.3 Å². The third kappa shape index (κ3) is 3.66. The highest BCUT2D eigenvalue weighted by molar-refractivity contribution is 7.22. The molecule has 0 saturated carbocycles. The van der Waals surface area contributed by atoms with E-state index in [9.17, 15) is 0 Å². The van der Waals surface area contributed by atoms with Gasteiger partial charge in [-0.1, -0.05) is 35.6 Å². The maximum Gasteiger partial charge on any atom is 0.224 e. The second-order valence-corrected chi connectivity index (χ2v) is 7.84. The van der Waals surface area contributed by atoms with Crippen LogP contribution in [0.2, 0.25) is 0 Å². The molecule has 8 heteroatoms. The number of nitrogens with two attached hydrogens (primary N) is 1. The molecular weight excluding hydrogens is 384 g/mol. The SMILES string of the molecule is Nc1nc2c(Oc3cc(N4CCN(c5ccccc5)CC4)ncn3)cccc2s1. The highest BCUT2D eigenvalue weighted by atomic mass is 32.1. The van der Waals surface area contributed by atoms with Crippen LogP contribution in [0.5, 0.6) is 11.6 Å². The van der Waals surface area contributed by atoms with Gasteiger partial charge in [0.1, 0.15) is 17.7 Å². The van der Waals surface area contributed by atoms with E-state index in [4.69, 9.17) is 10.5 Å². The Balaban J connectivity index is 1.31. The van der Waals surface area contributed by atoms with E-state index in [-0.39, 0.29) is 0 Å². The first-order valence-electron chi connectivity index (χ1n) is 9.46. The average Bonchev–Trinajstić information content (AvgIpc) is 3.16. The number of benzene rings is 2. The molecule has 29 heavy (non-hydrogen) atoms. The van der Waals surface area contributed by atoms with Gasteiger partial charge in [-0.2, -0.15) is 0 Å². The summed E-state index contributed by atoms with van der Waals surface area (Å²) in [4.78, 5) is 17.8. The van der Waals surface area contributed by atoms with Crippen molar-refractivity contribution in [3.05, 3.63) is 60.9 Å². The van der Waals surface area contributed by atoms with E-state index in [0.29, 0.717) is 16.8 Å². The fourth-order valence-electron chi connectivity index (χ4n) is 3.53. The number of fused-ring (bicyclic) bond motifs is 1. The molecule has 7 nitrogen and oxygen atoms in total. The molecule has 0 aliphatic carbocycles. The molecular formula is C21H20N6OS. The van der Waals surface area contributed by atoms with Crippen LogP contribution in [0.3, 0.4) is 0 Å². The minimum absolute atomic E-state index is 0.500. The quantitative estimate of drug-likeness (QED) is 0.554. The highest BCUT2D eigenvalue weighted by Crippen LogP contribution is 2.33. The van der Waals surface area contributed by atoms with Crippen molar-refractivity contribution in [2.24, 2.45) is 0 Å². The molecule has 2 N–H and O–H groups in total. The number of thiazole rings is 1. The van der Waals surface area contributed by atoms with E-state index in [1.54, 1.807) is 6.33 Å². The second-order valence-electron chi connectivity index (χ2n) is 6.78. The molecule has 3 heterocycles. The van der Waals surface area contributed by atoms with E-state index >= 15 is 0 Å². The number of hydrogen-bond donors (Lipinski definition) is 1. The van der Waals surface area contributed by atoms with Gasteiger partial charge in [0.2, 0.25) is 5.88 Å². The van der Waals surface area contributed by atoms with Crippen LogP contribution in [0.15, 0.2) is 60.9 Å². The van der Waals surface area contributed by atoms with Gasteiger partial charge in [-0.3, -0.25) is 0 Å². The Morgan fingerprint density at radius 3 is 2.52 bits per heavy atom. The lowest BCUT2D eigenvalue weighted by atomic mass is 10.2. The smallest absolute Gasteiger partial charge is 0.224 e. The lowest BCUT2D eigenvalue weighted by Gasteiger charge is -2.36. The molecule has 1 aliphatic heterocycles. The van der Waals surface area contributed by atoms with Crippen LogP contribution in [-0.4, -0.2) is 41.1 Å². The summed E-state index contributed by atoms with van der Waals surface area (Å²) in [6, 6.07) is 18.2. The summed E-state index contributed by atoms with van der Waals surface area (Å²) in [5, 5.41) is 0.524. The van der Waals surface area contributed by atoms with Crippen molar-refractivity contribution in [3.8, 4) is 11.6 Å². The summed E-state index contributed by atoms with van der Waals surface area (Å²) in [5.41, 5.74) is 7.86. The summed E-state index contributed by atoms with van der Waals surface area (Å²) in [6.45, 7) is 3.68. The van der Waals surface area contributed by atoms with Crippen molar-refractivity contribution in [1.82, 2.24) is 15.0 Å². The zero-order valence-electron chi connectivity index (χ0n) is 15.7. The Labute approximate surface area is 172 Å². The lowest BCUT2D eigenvalue weighted by Crippen LogP contribution is -2.46. The molecule has 5 rings (SSSR count). The number of rotatable bonds is 4. The molecule has 0 spiro atoms. The van der Waals surface area contributed by atoms with Crippen LogP contribution in [-0.2, 0) is 0 Å². The summed E-state index contributed by atoms with van der Waals surface area (Å²) >= 11 is 1.44. The fraction of sp³-hybridized carbons (Fsp3) is 0.190. The number of ether oxygens (including phenoxy) is 1. The third-order valence-electron chi connectivity index (χ3n) is 4.97. The summed E-state index contributed by atoms with van der Waals surface area (Å²) in [6.07, 6.45) is 1.55. The predicted octanol–water partition coefficient (Wildman–Crippen LogP) is 3.79. The monoisotopic (exact) mass is 404 g/mol. The van der Waals surface area contributed by atoms with Crippen LogP contribution in [0, 0.1) is 0 Å².